The Morgan fingerprint density at radius 3 is 2.83 bits per heavy atom. The molecular formula is C18H26N4OS. The Morgan fingerprint density at radius 1 is 1.25 bits per heavy atom. The predicted molar refractivity (Wildman–Crippen MR) is 95.2 cm³/mol. The van der Waals surface area contributed by atoms with Crippen LogP contribution in [0.25, 0.3) is 0 Å². The van der Waals surface area contributed by atoms with Crippen molar-refractivity contribution in [2.45, 2.75) is 74.9 Å². The molecule has 1 N–H and O–H groups in total. The summed E-state index contributed by atoms with van der Waals surface area (Å²) in [5.74, 6) is 2.32. The Bertz CT molecular complexity index is 631. The third kappa shape index (κ3) is 4.02. The molecule has 0 aliphatic heterocycles. The predicted octanol–water partition coefficient (Wildman–Crippen LogP) is 3.59. The van der Waals surface area contributed by atoms with Crippen LogP contribution >= 0.6 is 11.8 Å². The normalized spacial score (nSPS) is 20.8. The van der Waals surface area contributed by atoms with Crippen molar-refractivity contribution in [2.75, 3.05) is 12.3 Å². The maximum absolute atomic E-state index is 12.1. The highest BCUT2D eigenvalue weighted by atomic mass is 32.2. The molecule has 6 heteroatoms. The van der Waals surface area contributed by atoms with Crippen LogP contribution in [0.2, 0.25) is 0 Å². The molecule has 0 atom stereocenters. The largest absolute Gasteiger partial charge is 0.355 e. The molecule has 0 bridgehead atoms. The molecule has 130 valence electrons. The number of amides is 1. The van der Waals surface area contributed by atoms with Gasteiger partial charge in [0.15, 0.2) is 5.16 Å². The molecule has 1 aromatic rings. The summed E-state index contributed by atoms with van der Waals surface area (Å²) in [5.41, 5.74) is 1.51. The van der Waals surface area contributed by atoms with Gasteiger partial charge in [-0.25, -0.2) is 0 Å². The lowest BCUT2D eigenvalue weighted by Gasteiger charge is -2.13. The van der Waals surface area contributed by atoms with Crippen LogP contribution in [0, 0.1) is 0 Å². The first-order valence-electron chi connectivity index (χ1n) is 9.33. The van der Waals surface area contributed by atoms with Crippen LogP contribution < -0.4 is 5.32 Å². The second-order valence-electron chi connectivity index (χ2n) is 7.21. The summed E-state index contributed by atoms with van der Waals surface area (Å²) in [6.45, 7) is 0.758. The van der Waals surface area contributed by atoms with Gasteiger partial charge < -0.3 is 9.88 Å². The number of thioether (sulfide) groups is 1. The maximum Gasteiger partial charge on any atom is 0.230 e. The Balaban J connectivity index is 1.24. The Hall–Kier alpha value is -1.30. The van der Waals surface area contributed by atoms with Crippen LogP contribution in [0.15, 0.2) is 16.8 Å². The summed E-state index contributed by atoms with van der Waals surface area (Å²) in [6, 6.07) is 0.583. The molecule has 0 aromatic carbocycles. The summed E-state index contributed by atoms with van der Waals surface area (Å²) >= 11 is 1.54. The minimum Gasteiger partial charge on any atom is -0.355 e. The van der Waals surface area contributed by atoms with Gasteiger partial charge in [0.25, 0.3) is 0 Å². The zero-order valence-corrected chi connectivity index (χ0v) is 15.0. The molecule has 5 nitrogen and oxygen atoms in total. The minimum atomic E-state index is 0.106. The molecule has 0 unspecified atom stereocenters. The van der Waals surface area contributed by atoms with Gasteiger partial charge in [-0.2, -0.15) is 0 Å². The van der Waals surface area contributed by atoms with Gasteiger partial charge in [0.05, 0.1) is 5.75 Å². The molecule has 3 aliphatic rings. The van der Waals surface area contributed by atoms with Crippen LogP contribution in [-0.4, -0.2) is 33.0 Å². The number of allylic oxidation sites excluding steroid dienone is 1. The molecule has 1 heterocycles. The Morgan fingerprint density at radius 2 is 2.12 bits per heavy atom. The fourth-order valence-corrected chi connectivity index (χ4v) is 4.20. The van der Waals surface area contributed by atoms with Crippen molar-refractivity contribution in [3.63, 3.8) is 0 Å². The minimum absolute atomic E-state index is 0.106. The van der Waals surface area contributed by atoms with E-state index >= 15 is 0 Å². The van der Waals surface area contributed by atoms with Gasteiger partial charge in [0, 0.05) is 18.5 Å². The Labute approximate surface area is 147 Å². The van der Waals surface area contributed by atoms with Crippen molar-refractivity contribution in [3.05, 3.63) is 17.5 Å². The fraction of sp³-hybridized carbons (Fsp3) is 0.722. The van der Waals surface area contributed by atoms with E-state index in [9.17, 15) is 4.79 Å². The highest BCUT2D eigenvalue weighted by Crippen LogP contribution is 2.45. The van der Waals surface area contributed by atoms with Gasteiger partial charge >= 0.3 is 0 Å². The second kappa shape index (κ2) is 7.30. The standard InChI is InChI=1S/C18H26N4OS/c23-16(19-11-10-13-4-2-1-3-5-13)12-24-18-21-20-17(14-6-7-14)22(18)15-8-9-15/h4,14-15H,1-3,5-12H2,(H,19,23). The van der Waals surface area contributed by atoms with Gasteiger partial charge in [-0.05, 0) is 57.8 Å². The van der Waals surface area contributed by atoms with Gasteiger partial charge in [-0.1, -0.05) is 23.4 Å². The van der Waals surface area contributed by atoms with Crippen LogP contribution in [0.4, 0.5) is 0 Å². The van der Waals surface area contributed by atoms with E-state index in [1.54, 1.807) is 0 Å². The third-order valence-electron chi connectivity index (χ3n) is 5.03. The van der Waals surface area contributed by atoms with Crippen molar-refractivity contribution < 1.29 is 4.79 Å². The van der Waals surface area contributed by atoms with Crippen molar-refractivity contribution in [2.24, 2.45) is 0 Å². The summed E-state index contributed by atoms with van der Waals surface area (Å²) < 4.78 is 2.31. The monoisotopic (exact) mass is 346 g/mol. The summed E-state index contributed by atoms with van der Waals surface area (Å²) in [4.78, 5) is 12.1. The molecule has 2 fully saturated rings. The van der Waals surface area contributed by atoms with Crippen LogP contribution in [0.1, 0.15) is 75.6 Å². The molecule has 3 aliphatic carbocycles. The number of aromatic nitrogens is 3. The number of hydrogen-bond donors (Lipinski definition) is 1. The highest BCUT2D eigenvalue weighted by molar-refractivity contribution is 7.99. The van der Waals surface area contributed by atoms with Gasteiger partial charge in [0.1, 0.15) is 5.82 Å². The molecule has 2 saturated carbocycles. The number of nitrogens with zero attached hydrogens (tertiary/aromatic N) is 3. The lowest BCUT2D eigenvalue weighted by molar-refractivity contribution is -0.118. The van der Waals surface area contributed by atoms with Crippen LogP contribution in [0.3, 0.4) is 0 Å². The summed E-state index contributed by atoms with van der Waals surface area (Å²) in [7, 11) is 0. The highest BCUT2D eigenvalue weighted by Gasteiger charge is 2.36. The molecule has 0 saturated heterocycles. The van der Waals surface area contributed by atoms with E-state index in [2.05, 4.69) is 26.2 Å². The first-order valence-corrected chi connectivity index (χ1v) is 10.3. The summed E-state index contributed by atoms with van der Waals surface area (Å²) in [6.07, 6.45) is 13.3. The lowest BCUT2D eigenvalue weighted by Crippen LogP contribution is -2.26. The van der Waals surface area contributed by atoms with Gasteiger partial charge in [0.2, 0.25) is 5.91 Å². The number of carbonyl (C=O) groups excluding carboxylic acids is 1. The number of hydrogen-bond acceptors (Lipinski definition) is 4. The fourth-order valence-electron chi connectivity index (χ4n) is 3.36. The van der Waals surface area contributed by atoms with E-state index in [0.717, 1.165) is 23.9 Å². The van der Waals surface area contributed by atoms with E-state index < -0.39 is 0 Å². The quantitative estimate of drug-likeness (QED) is 0.577. The zero-order chi connectivity index (χ0) is 16.4. The van der Waals surface area contributed by atoms with Crippen LogP contribution in [0.5, 0.6) is 0 Å². The molecule has 4 rings (SSSR count). The van der Waals surface area contributed by atoms with Crippen molar-refractivity contribution >= 4 is 17.7 Å². The average molecular weight is 347 g/mol. The average Bonchev–Trinajstić information content (AvgIpc) is 3.53. The molecule has 1 aromatic heterocycles. The molecular weight excluding hydrogens is 320 g/mol. The topological polar surface area (TPSA) is 59.8 Å². The second-order valence-corrected chi connectivity index (χ2v) is 8.16. The number of rotatable bonds is 8. The van der Waals surface area contributed by atoms with Crippen molar-refractivity contribution in [3.8, 4) is 0 Å². The molecule has 0 radical (unpaired) electrons. The summed E-state index contributed by atoms with van der Waals surface area (Å²) in [5, 5.41) is 12.7. The van der Waals surface area contributed by atoms with E-state index in [4.69, 9.17) is 0 Å². The van der Waals surface area contributed by atoms with E-state index in [0.29, 0.717) is 17.7 Å². The molecule has 1 amide bonds. The third-order valence-corrected chi connectivity index (χ3v) is 5.97. The lowest BCUT2D eigenvalue weighted by atomic mass is 9.97. The first kappa shape index (κ1) is 16.2. The number of nitrogens with one attached hydrogen (secondary N) is 1. The maximum atomic E-state index is 12.1. The molecule has 0 spiro atoms. The van der Waals surface area contributed by atoms with E-state index in [-0.39, 0.29) is 5.91 Å². The van der Waals surface area contributed by atoms with E-state index in [1.165, 1.54) is 68.7 Å². The van der Waals surface area contributed by atoms with Crippen molar-refractivity contribution in [1.82, 2.24) is 20.1 Å². The van der Waals surface area contributed by atoms with Crippen LogP contribution in [-0.2, 0) is 4.79 Å². The zero-order valence-electron chi connectivity index (χ0n) is 14.2. The SMILES string of the molecule is O=C(CSc1nnc(C2CC2)n1C1CC1)NCCC1=CCCCC1. The first-order chi connectivity index (χ1) is 11.8. The smallest absolute Gasteiger partial charge is 0.230 e. The van der Waals surface area contributed by atoms with Gasteiger partial charge in [-0.15, -0.1) is 10.2 Å². The van der Waals surface area contributed by atoms with Gasteiger partial charge in [-0.3, -0.25) is 4.79 Å². The Kier molecular flexibility index (Phi) is 4.92. The number of carbonyl (C=O) groups is 1. The van der Waals surface area contributed by atoms with E-state index in [1.807, 2.05) is 0 Å². The molecule has 24 heavy (non-hydrogen) atoms. The van der Waals surface area contributed by atoms with Crippen molar-refractivity contribution in [1.29, 1.82) is 0 Å².